The van der Waals surface area contributed by atoms with Crippen molar-refractivity contribution in [2.24, 2.45) is 11.8 Å². The van der Waals surface area contributed by atoms with Gasteiger partial charge in [0.05, 0.1) is 47.8 Å². The molecule has 0 spiro atoms. The summed E-state index contributed by atoms with van der Waals surface area (Å²) in [7, 11) is 1.54. The van der Waals surface area contributed by atoms with Crippen LogP contribution in [0.4, 0.5) is 11.4 Å². The summed E-state index contributed by atoms with van der Waals surface area (Å²) in [6.07, 6.45) is 0.990. The molecule has 5 rings (SSSR count). The number of hydrogen-bond donors (Lipinski definition) is 0. The van der Waals surface area contributed by atoms with Gasteiger partial charge >= 0.3 is 0 Å². The quantitative estimate of drug-likeness (QED) is 0.423. The van der Waals surface area contributed by atoms with E-state index in [2.05, 4.69) is 0 Å². The Morgan fingerprint density at radius 3 is 2.13 bits per heavy atom. The number of ether oxygens (including phenoxy) is 3. The van der Waals surface area contributed by atoms with Crippen LogP contribution in [0.15, 0.2) is 42.5 Å². The molecule has 0 N–H and O–H groups in total. The summed E-state index contributed by atoms with van der Waals surface area (Å²) in [4.78, 5) is 37.9. The number of anilines is 1. The van der Waals surface area contributed by atoms with Gasteiger partial charge in [0.2, 0.25) is 11.8 Å². The Morgan fingerprint density at radius 1 is 0.967 bits per heavy atom. The van der Waals surface area contributed by atoms with Gasteiger partial charge in [-0.1, -0.05) is 0 Å². The van der Waals surface area contributed by atoms with Gasteiger partial charge in [-0.3, -0.25) is 19.7 Å². The largest absolute Gasteiger partial charge is 0.497 e. The number of methoxy groups -OCH3 is 1. The van der Waals surface area contributed by atoms with Crippen molar-refractivity contribution in [1.82, 2.24) is 0 Å². The number of benzene rings is 2. The molecule has 30 heavy (non-hydrogen) atoms. The van der Waals surface area contributed by atoms with E-state index in [-0.39, 0.29) is 41.1 Å². The van der Waals surface area contributed by atoms with Gasteiger partial charge in [-0.05, 0) is 37.1 Å². The van der Waals surface area contributed by atoms with Gasteiger partial charge in [0.25, 0.3) is 5.69 Å². The van der Waals surface area contributed by atoms with Crippen LogP contribution in [0.25, 0.3) is 0 Å². The Morgan fingerprint density at radius 2 is 1.57 bits per heavy atom. The standard InChI is InChI=1S/C21H18N2O7/c1-28-13-2-4-14(5-3-13)29-15-9-11(8-12(10-15)23(26)27)22-20(24)18-16-6-7-17(30-16)19(18)21(22)25/h2-5,8-10,16-19H,6-7H2,1H3/t16-,17-,18-,19-/m1/s1. The number of hydrogen-bond acceptors (Lipinski definition) is 7. The average Bonchev–Trinajstić information content (AvgIpc) is 3.42. The molecule has 154 valence electrons. The second-order valence-electron chi connectivity index (χ2n) is 7.57. The monoisotopic (exact) mass is 410 g/mol. The SMILES string of the molecule is COc1ccc(Oc2cc(N3C(=O)[C@H]4[C@H](C3=O)[C@H]3CC[C@H]4O3)cc([N+](=O)[O-])c2)cc1. The smallest absolute Gasteiger partial charge is 0.275 e. The molecule has 2 aromatic rings. The van der Waals surface area contributed by atoms with E-state index in [0.717, 1.165) is 17.7 Å². The lowest BCUT2D eigenvalue weighted by Gasteiger charge is -2.18. The maximum atomic E-state index is 13.0. The van der Waals surface area contributed by atoms with E-state index >= 15 is 0 Å². The van der Waals surface area contributed by atoms with Crippen LogP contribution in [0, 0.1) is 22.0 Å². The van der Waals surface area contributed by atoms with Gasteiger partial charge < -0.3 is 14.2 Å². The zero-order chi connectivity index (χ0) is 21.0. The topological polar surface area (TPSA) is 108 Å². The Labute approximate surface area is 171 Å². The summed E-state index contributed by atoms with van der Waals surface area (Å²) in [5.74, 6) is -0.534. The first kappa shape index (κ1) is 18.6. The van der Waals surface area contributed by atoms with Crippen molar-refractivity contribution in [3.05, 3.63) is 52.6 Å². The number of rotatable bonds is 5. The van der Waals surface area contributed by atoms with Crippen molar-refractivity contribution in [2.45, 2.75) is 25.0 Å². The second-order valence-corrected chi connectivity index (χ2v) is 7.57. The number of imide groups is 1. The Hall–Kier alpha value is -3.46. The molecule has 2 bridgehead atoms. The molecule has 2 amide bonds. The van der Waals surface area contributed by atoms with E-state index in [0.29, 0.717) is 11.5 Å². The molecule has 0 unspecified atom stereocenters. The summed E-state index contributed by atoms with van der Waals surface area (Å²) < 4.78 is 16.6. The number of fused-ring (bicyclic) bond motifs is 5. The number of carbonyl (C=O) groups excluding carboxylic acids is 2. The van der Waals surface area contributed by atoms with Crippen molar-refractivity contribution in [3.8, 4) is 17.2 Å². The first-order valence-corrected chi connectivity index (χ1v) is 9.61. The van der Waals surface area contributed by atoms with Crippen molar-refractivity contribution < 1.29 is 28.7 Å². The number of nitro benzene ring substituents is 1. The van der Waals surface area contributed by atoms with Crippen molar-refractivity contribution in [3.63, 3.8) is 0 Å². The van der Waals surface area contributed by atoms with Gasteiger partial charge in [-0.15, -0.1) is 0 Å². The van der Waals surface area contributed by atoms with Gasteiger partial charge in [-0.25, -0.2) is 4.90 Å². The maximum absolute atomic E-state index is 13.0. The Bertz CT molecular complexity index is 1020. The molecule has 3 aliphatic rings. The fourth-order valence-electron chi connectivity index (χ4n) is 4.61. The zero-order valence-corrected chi connectivity index (χ0v) is 16.0. The minimum atomic E-state index is -0.580. The highest BCUT2D eigenvalue weighted by Gasteiger charge is 2.62. The number of nitro groups is 1. The Kier molecular flexibility index (Phi) is 4.21. The van der Waals surface area contributed by atoms with E-state index in [9.17, 15) is 19.7 Å². The van der Waals surface area contributed by atoms with Crippen LogP contribution in [-0.4, -0.2) is 36.1 Å². The summed E-state index contributed by atoms with van der Waals surface area (Å²) >= 11 is 0. The van der Waals surface area contributed by atoms with Crippen molar-refractivity contribution in [1.29, 1.82) is 0 Å². The summed E-state index contributed by atoms with van der Waals surface area (Å²) in [6, 6.07) is 10.6. The lowest BCUT2D eigenvalue weighted by Crippen LogP contribution is -2.34. The molecule has 0 radical (unpaired) electrons. The number of carbonyl (C=O) groups is 2. The second kappa shape index (κ2) is 6.81. The van der Waals surface area contributed by atoms with Crippen molar-refractivity contribution in [2.75, 3.05) is 12.0 Å². The van der Waals surface area contributed by atoms with Crippen LogP contribution < -0.4 is 14.4 Å². The van der Waals surface area contributed by atoms with E-state index in [1.54, 1.807) is 31.4 Å². The summed E-state index contributed by atoms with van der Waals surface area (Å²) in [5, 5.41) is 11.5. The van der Waals surface area contributed by atoms with Crippen LogP contribution in [0.3, 0.4) is 0 Å². The first-order valence-electron chi connectivity index (χ1n) is 9.61. The third-order valence-corrected chi connectivity index (χ3v) is 5.92. The molecule has 9 heteroatoms. The molecule has 3 heterocycles. The number of amides is 2. The lowest BCUT2D eigenvalue weighted by atomic mass is 9.81. The highest BCUT2D eigenvalue weighted by Crippen LogP contribution is 2.50. The van der Waals surface area contributed by atoms with E-state index in [1.165, 1.54) is 18.2 Å². The maximum Gasteiger partial charge on any atom is 0.275 e. The zero-order valence-electron chi connectivity index (χ0n) is 16.0. The minimum Gasteiger partial charge on any atom is -0.497 e. The molecule has 0 saturated carbocycles. The van der Waals surface area contributed by atoms with Crippen LogP contribution in [0.2, 0.25) is 0 Å². The van der Waals surface area contributed by atoms with Gasteiger partial charge in [-0.2, -0.15) is 0 Å². The van der Waals surface area contributed by atoms with E-state index < -0.39 is 16.8 Å². The summed E-state index contributed by atoms with van der Waals surface area (Å²) in [6.45, 7) is 0. The van der Waals surface area contributed by atoms with E-state index in [1.807, 2.05) is 0 Å². The van der Waals surface area contributed by atoms with E-state index in [4.69, 9.17) is 14.2 Å². The predicted molar refractivity (Wildman–Crippen MR) is 104 cm³/mol. The third-order valence-electron chi connectivity index (χ3n) is 5.92. The summed E-state index contributed by atoms with van der Waals surface area (Å²) in [5.41, 5.74) is -0.135. The molecular formula is C21H18N2O7. The van der Waals surface area contributed by atoms with Crippen molar-refractivity contribution >= 4 is 23.2 Å². The van der Waals surface area contributed by atoms with Gasteiger partial charge in [0, 0.05) is 12.1 Å². The molecular weight excluding hydrogens is 392 g/mol. The highest BCUT2D eigenvalue weighted by molar-refractivity contribution is 6.23. The van der Waals surface area contributed by atoms with Crippen LogP contribution in [-0.2, 0) is 14.3 Å². The molecule has 3 saturated heterocycles. The fourth-order valence-corrected chi connectivity index (χ4v) is 4.61. The van der Waals surface area contributed by atoms with Gasteiger partial charge in [0.1, 0.15) is 17.2 Å². The molecule has 4 atom stereocenters. The van der Waals surface area contributed by atoms with Crippen LogP contribution >= 0.6 is 0 Å². The third kappa shape index (κ3) is 2.81. The molecule has 0 aromatic heterocycles. The Balaban J connectivity index is 1.49. The highest BCUT2D eigenvalue weighted by atomic mass is 16.6. The van der Waals surface area contributed by atoms with Crippen LogP contribution in [0.1, 0.15) is 12.8 Å². The lowest BCUT2D eigenvalue weighted by molar-refractivity contribution is -0.384. The predicted octanol–water partition coefficient (Wildman–Crippen LogP) is 3.06. The normalized spacial score (nSPS) is 26.8. The average molecular weight is 410 g/mol. The van der Waals surface area contributed by atoms with Crippen LogP contribution in [0.5, 0.6) is 17.2 Å². The fraction of sp³-hybridized carbons (Fsp3) is 0.333. The molecule has 2 aromatic carbocycles. The minimum absolute atomic E-state index is 0.136. The molecule has 0 aliphatic carbocycles. The molecule has 3 fully saturated rings. The number of non-ortho nitro benzene ring substituents is 1. The number of nitrogens with zero attached hydrogens (tertiary/aromatic N) is 2. The molecule has 9 nitrogen and oxygen atoms in total. The first-order chi connectivity index (χ1) is 14.5. The molecule has 3 aliphatic heterocycles. The van der Waals surface area contributed by atoms with Gasteiger partial charge in [0.15, 0.2) is 0 Å².